The lowest BCUT2D eigenvalue weighted by Gasteiger charge is -2.09. The van der Waals surface area contributed by atoms with Crippen LogP contribution in [0.1, 0.15) is 0 Å². The molecule has 1 aromatic carbocycles. The lowest BCUT2D eigenvalue weighted by molar-refractivity contribution is 0.168. The molecule has 0 aromatic heterocycles. The van der Waals surface area contributed by atoms with Gasteiger partial charge in [0.15, 0.2) is 11.5 Å². The SMILES string of the molecule is COc1cc(O)c(OC)c2c1OCO2. The minimum absolute atomic E-state index is 0.0337. The first-order valence-electron chi connectivity index (χ1n) is 4.01. The van der Waals surface area contributed by atoms with Crippen molar-refractivity contribution >= 4 is 0 Å². The van der Waals surface area contributed by atoms with Crippen LogP contribution in [0.25, 0.3) is 0 Å². The van der Waals surface area contributed by atoms with Crippen LogP contribution in [0.2, 0.25) is 0 Å². The molecule has 0 unspecified atom stereocenters. The number of phenolic OH excluding ortho intramolecular Hbond substituents is 1. The maximum Gasteiger partial charge on any atom is 0.231 e. The van der Waals surface area contributed by atoms with Gasteiger partial charge in [-0.2, -0.15) is 0 Å². The molecule has 0 amide bonds. The Balaban J connectivity index is 2.61. The van der Waals surface area contributed by atoms with Crippen LogP contribution in [0, 0.1) is 0 Å². The number of hydrogen-bond acceptors (Lipinski definition) is 5. The molecule has 0 saturated carbocycles. The van der Waals surface area contributed by atoms with E-state index in [2.05, 4.69) is 0 Å². The maximum atomic E-state index is 9.55. The Morgan fingerprint density at radius 1 is 1.21 bits per heavy atom. The molecular weight excluding hydrogens is 188 g/mol. The monoisotopic (exact) mass is 198 g/mol. The van der Waals surface area contributed by atoms with Gasteiger partial charge in [0.05, 0.1) is 14.2 Å². The van der Waals surface area contributed by atoms with E-state index in [0.29, 0.717) is 17.2 Å². The van der Waals surface area contributed by atoms with E-state index in [4.69, 9.17) is 18.9 Å². The number of rotatable bonds is 2. The fourth-order valence-corrected chi connectivity index (χ4v) is 1.35. The molecule has 0 atom stereocenters. The molecule has 76 valence electrons. The first kappa shape index (κ1) is 8.80. The number of hydrogen-bond donors (Lipinski definition) is 1. The van der Waals surface area contributed by atoms with Gasteiger partial charge in [0.1, 0.15) is 0 Å². The van der Waals surface area contributed by atoms with Crippen molar-refractivity contribution < 1.29 is 24.1 Å². The predicted molar refractivity (Wildman–Crippen MR) is 47.3 cm³/mol. The average Bonchev–Trinajstić information content (AvgIpc) is 2.65. The third-order valence-corrected chi connectivity index (χ3v) is 1.97. The molecule has 5 nitrogen and oxygen atoms in total. The van der Waals surface area contributed by atoms with Crippen molar-refractivity contribution in [3.05, 3.63) is 6.07 Å². The largest absolute Gasteiger partial charge is 0.504 e. The summed E-state index contributed by atoms with van der Waals surface area (Å²) < 4.78 is 20.3. The number of methoxy groups -OCH3 is 2. The van der Waals surface area contributed by atoms with Gasteiger partial charge in [-0.1, -0.05) is 0 Å². The summed E-state index contributed by atoms with van der Waals surface area (Å²) >= 11 is 0. The highest BCUT2D eigenvalue weighted by Gasteiger charge is 2.26. The maximum absolute atomic E-state index is 9.55. The number of benzene rings is 1. The van der Waals surface area contributed by atoms with Crippen molar-refractivity contribution in [1.29, 1.82) is 0 Å². The van der Waals surface area contributed by atoms with E-state index >= 15 is 0 Å². The van der Waals surface area contributed by atoms with E-state index in [9.17, 15) is 5.11 Å². The van der Waals surface area contributed by atoms with E-state index in [1.54, 1.807) is 0 Å². The van der Waals surface area contributed by atoms with Crippen molar-refractivity contribution in [3.8, 4) is 28.7 Å². The van der Waals surface area contributed by atoms with Crippen LogP contribution in [0.4, 0.5) is 0 Å². The van der Waals surface area contributed by atoms with Gasteiger partial charge in [0.25, 0.3) is 0 Å². The summed E-state index contributed by atoms with van der Waals surface area (Å²) in [5.41, 5.74) is 0. The standard InChI is InChI=1S/C9H10O5/c1-11-6-3-5(10)7(12-2)9-8(6)13-4-14-9/h3,10H,4H2,1-2H3. The second-order valence-electron chi connectivity index (χ2n) is 2.70. The molecule has 0 fully saturated rings. The van der Waals surface area contributed by atoms with E-state index in [1.165, 1.54) is 20.3 Å². The highest BCUT2D eigenvalue weighted by molar-refractivity contribution is 5.66. The number of ether oxygens (including phenoxy) is 4. The topological polar surface area (TPSA) is 57.2 Å². The quantitative estimate of drug-likeness (QED) is 0.772. The van der Waals surface area contributed by atoms with Crippen molar-refractivity contribution in [2.45, 2.75) is 0 Å². The minimum Gasteiger partial charge on any atom is -0.504 e. The van der Waals surface area contributed by atoms with E-state index in [1.807, 2.05) is 0 Å². The molecule has 14 heavy (non-hydrogen) atoms. The molecule has 0 bridgehead atoms. The van der Waals surface area contributed by atoms with Gasteiger partial charge in [0, 0.05) is 6.07 Å². The van der Waals surface area contributed by atoms with E-state index in [-0.39, 0.29) is 18.3 Å². The molecule has 1 heterocycles. The van der Waals surface area contributed by atoms with Gasteiger partial charge in [0.2, 0.25) is 24.0 Å². The van der Waals surface area contributed by atoms with E-state index < -0.39 is 0 Å². The third-order valence-electron chi connectivity index (χ3n) is 1.97. The number of fused-ring (bicyclic) bond motifs is 1. The van der Waals surface area contributed by atoms with Crippen molar-refractivity contribution in [1.82, 2.24) is 0 Å². The summed E-state index contributed by atoms with van der Waals surface area (Å²) in [4.78, 5) is 0. The summed E-state index contributed by atoms with van der Waals surface area (Å²) in [6.07, 6.45) is 0. The van der Waals surface area contributed by atoms with Gasteiger partial charge in [-0.3, -0.25) is 0 Å². The zero-order valence-electron chi connectivity index (χ0n) is 7.86. The fourth-order valence-electron chi connectivity index (χ4n) is 1.35. The Hall–Kier alpha value is -1.78. The van der Waals surface area contributed by atoms with Gasteiger partial charge in [-0.15, -0.1) is 0 Å². The average molecular weight is 198 g/mol. The molecular formula is C9H10O5. The van der Waals surface area contributed by atoms with Crippen LogP contribution >= 0.6 is 0 Å². The smallest absolute Gasteiger partial charge is 0.231 e. The van der Waals surface area contributed by atoms with Gasteiger partial charge < -0.3 is 24.1 Å². The zero-order valence-corrected chi connectivity index (χ0v) is 7.86. The van der Waals surface area contributed by atoms with Crippen molar-refractivity contribution in [2.75, 3.05) is 21.0 Å². The predicted octanol–water partition coefficient (Wildman–Crippen LogP) is 1.14. The third kappa shape index (κ3) is 1.09. The highest BCUT2D eigenvalue weighted by atomic mass is 16.7. The molecule has 1 N–H and O–H groups in total. The fraction of sp³-hybridized carbons (Fsp3) is 0.333. The summed E-state index contributed by atoms with van der Waals surface area (Å²) in [5.74, 6) is 1.49. The lowest BCUT2D eigenvalue weighted by Crippen LogP contribution is -1.94. The minimum atomic E-state index is -0.0337. The van der Waals surface area contributed by atoms with Gasteiger partial charge in [-0.25, -0.2) is 0 Å². The normalized spacial score (nSPS) is 12.7. The first-order valence-corrected chi connectivity index (χ1v) is 4.01. The van der Waals surface area contributed by atoms with Gasteiger partial charge >= 0.3 is 0 Å². The Labute approximate surface area is 80.8 Å². The van der Waals surface area contributed by atoms with Crippen LogP contribution in [-0.4, -0.2) is 26.1 Å². The second-order valence-corrected chi connectivity index (χ2v) is 2.70. The summed E-state index contributed by atoms with van der Waals surface area (Å²) in [6, 6.07) is 1.42. The van der Waals surface area contributed by atoms with Crippen LogP contribution in [0.3, 0.4) is 0 Å². The summed E-state index contributed by atoms with van der Waals surface area (Å²) in [5, 5.41) is 9.55. The van der Waals surface area contributed by atoms with Crippen molar-refractivity contribution in [2.24, 2.45) is 0 Å². The Kier molecular flexibility index (Phi) is 1.99. The Morgan fingerprint density at radius 2 is 1.93 bits per heavy atom. The molecule has 0 saturated heterocycles. The van der Waals surface area contributed by atoms with E-state index in [0.717, 1.165) is 0 Å². The molecule has 0 spiro atoms. The molecule has 5 heteroatoms. The summed E-state index contributed by atoms with van der Waals surface area (Å²) in [6.45, 7) is 0.103. The van der Waals surface area contributed by atoms with Crippen LogP contribution in [0.15, 0.2) is 6.07 Å². The molecule has 1 aliphatic heterocycles. The molecule has 2 rings (SSSR count). The first-order chi connectivity index (χ1) is 6.77. The van der Waals surface area contributed by atoms with Gasteiger partial charge in [-0.05, 0) is 0 Å². The highest BCUT2D eigenvalue weighted by Crippen LogP contribution is 2.51. The lowest BCUT2D eigenvalue weighted by atomic mass is 10.2. The Morgan fingerprint density at radius 3 is 2.57 bits per heavy atom. The zero-order chi connectivity index (χ0) is 10.1. The Bertz CT molecular complexity index is 361. The summed E-state index contributed by atoms with van der Waals surface area (Å²) in [7, 11) is 2.94. The van der Waals surface area contributed by atoms with Crippen molar-refractivity contribution in [3.63, 3.8) is 0 Å². The molecule has 1 aliphatic rings. The number of aromatic hydroxyl groups is 1. The van der Waals surface area contributed by atoms with Crippen LogP contribution in [0.5, 0.6) is 28.7 Å². The van der Waals surface area contributed by atoms with Crippen LogP contribution < -0.4 is 18.9 Å². The second kappa shape index (κ2) is 3.17. The molecule has 0 radical (unpaired) electrons. The molecule has 0 aliphatic carbocycles. The van der Waals surface area contributed by atoms with Crippen LogP contribution in [-0.2, 0) is 0 Å². The molecule has 1 aromatic rings. The number of phenols is 1.